The van der Waals surface area contributed by atoms with Gasteiger partial charge >= 0.3 is 6.09 Å². The average Bonchev–Trinajstić information content (AvgIpc) is 2.64. The van der Waals surface area contributed by atoms with Gasteiger partial charge in [-0.1, -0.05) is 60.7 Å². The molecule has 0 spiro atoms. The van der Waals surface area contributed by atoms with Crippen LogP contribution in [0, 0.1) is 0 Å². The first-order chi connectivity index (χ1) is 12.8. The van der Waals surface area contributed by atoms with E-state index in [-0.39, 0.29) is 18.5 Å². The minimum Gasteiger partial charge on any atom is -0.444 e. The number of carbonyl (C=O) groups is 2. The number of amides is 2. The molecule has 0 aliphatic heterocycles. The summed E-state index contributed by atoms with van der Waals surface area (Å²) in [6, 6.07) is 19.5. The number of carbonyl (C=O) groups excluding carboxylic acids is 2. The SMILES string of the molecule is C[C@@H](c1ccccc1)N(Cc1ccccc1)C(=O)CNC(=O)OC(C)(C)C. The van der Waals surface area contributed by atoms with Crippen LogP contribution in [0.2, 0.25) is 0 Å². The smallest absolute Gasteiger partial charge is 0.408 e. The van der Waals surface area contributed by atoms with E-state index in [0.29, 0.717) is 6.54 Å². The van der Waals surface area contributed by atoms with Gasteiger partial charge in [-0.3, -0.25) is 4.79 Å². The normalized spacial score (nSPS) is 12.1. The van der Waals surface area contributed by atoms with Crippen molar-refractivity contribution in [2.24, 2.45) is 0 Å². The van der Waals surface area contributed by atoms with E-state index in [0.717, 1.165) is 11.1 Å². The van der Waals surface area contributed by atoms with Crippen molar-refractivity contribution in [3.63, 3.8) is 0 Å². The zero-order chi connectivity index (χ0) is 19.9. The van der Waals surface area contributed by atoms with Gasteiger partial charge in [-0.25, -0.2) is 4.79 Å². The summed E-state index contributed by atoms with van der Waals surface area (Å²) in [5.41, 5.74) is 1.47. The number of alkyl carbamates (subject to hydrolysis) is 1. The lowest BCUT2D eigenvalue weighted by molar-refractivity contribution is -0.133. The number of rotatable bonds is 6. The van der Waals surface area contributed by atoms with Gasteiger partial charge in [-0.05, 0) is 38.8 Å². The molecule has 0 fully saturated rings. The Labute approximate surface area is 161 Å². The van der Waals surface area contributed by atoms with Crippen molar-refractivity contribution in [3.8, 4) is 0 Å². The highest BCUT2D eigenvalue weighted by Crippen LogP contribution is 2.22. The van der Waals surface area contributed by atoms with Gasteiger partial charge in [0.15, 0.2) is 0 Å². The van der Waals surface area contributed by atoms with Gasteiger partial charge in [0.1, 0.15) is 12.1 Å². The maximum absolute atomic E-state index is 12.9. The second-order valence-electron chi connectivity index (χ2n) is 7.45. The molecule has 0 aliphatic rings. The van der Waals surface area contributed by atoms with E-state index in [1.165, 1.54) is 0 Å². The van der Waals surface area contributed by atoms with Gasteiger partial charge in [0.25, 0.3) is 0 Å². The van der Waals surface area contributed by atoms with Crippen LogP contribution in [0.15, 0.2) is 60.7 Å². The van der Waals surface area contributed by atoms with Gasteiger partial charge in [0, 0.05) is 6.54 Å². The third-order valence-corrected chi connectivity index (χ3v) is 4.05. The largest absolute Gasteiger partial charge is 0.444 e. The lowest BCUT2D eigenvalue weighted by Crippen LogP contribution is -2.42. The van der Waals surface area contributed by atoms with Crippen LogP contribution in [-0.2, 0) is 16.1 Å². The molecule has 27 heavy (non-hydrogen) atoms. The third kappa shape index (κ3) is 6.77. The molecule has 1 N–H and O–H groups in total. The highest BCUT2D eigenvalue weighted by molar-refractivity contribution is 5.82. The van der Waals surface area contributed by atoms with Crippen molar-refractivity contribution in [2.75, 3.05) is 6.54 Å². The number of nitrogens with zero attached hydrogens (tertiary/aromatic N) is 1. The minimum atomic E-state index is -0.603. The van der Waals surface area contributed by atoms with Crippen LogP contribution in [-0.4, -0.2) is 29.0 Å². The first-order valence-corrected chi connectivity index (χ1v) is 9.11. The number of nitrogens with one attached hydrogen (secondary N) is 1. The molecule has 0 saturated heterocycles. The summed E-state index contributed by atoms with van der Waals surface area (Å²) in [5.74, 6) is -0.166. The molecule has 0 saturated carbocycles. The predicted molar refractivity (Wildman–Crippen MR) is 106 cm³/mol. The van der Waals surface area contributed by atoms with Crippen LogP contribution in [0.25, 0.3) is 0 Å². The minimum absolute atomic E-state index is 0.112. The van der Waals surface area contributed by atoms with Crippen LogP contribution in [0.5, 0.6) is 0 Å². The summed E-state index contributed by atoms with van der Waals surface area (Å²) >= 11 is 0. The second kappa shape index (κ2) is 9.21. The molecular formula is C22H28N2O3. The topological polar surface area (TPSA) is 58.6 Å². The summed E-state index contributed by atoms with van der Waals surface area (Å²) in [7, 11) is 0. The van der Waals surface area contributed by atoms with Crippen molar-refractivity contribution in [2.45, 2.75) is 45.9 Å². The Bertz CT molecular complexity index is 739. The van der Waals surface area contributed by atoms with Crippen LogP contribution >= 0.6 is 0 Å². The Hall–Kier alpha value is -2.82. The van der Waals surface area contributed by atoms with Gasteiger partial charge in [-0.15, -0.1) is 0 Å². The molecule has 1 atom stereocenters. The monoisotopic (exact) mass is 368 g/mol. The quantitative estimate of drug-likeness (QED) is 0.827. The third-order valence-electron chi connectivity index (χ3n) is 4.05. The molecular weight excluding hydrogens is 340 g/mol. The van der Waals surface area contributed by atoms with E-state index in [9.17, 15) is 9.59 Å². The van der Waals surface area contributed by atoms with Crippen LogP contribution in [0.3, 0.4) is 0 Å². The van der Waals surface area contributed by atoms with E-state index in [4.69, 9.17) is 4.74 Å². The fraction of sp³-hybridized carbons (Fsp3) is 0.364. The molecule has 2 aromatic rings. The number of hydrogen-bond donors (Lipinski definition) is 1. The maximum atomic E-state index is 12.9. The Morgan fingerprint density at radius 3 is 2.11 bits per heavy atom. The molecule has 0 aliphatic carbocycles. The zero-order valence-electron chi connectivity index (χ0n) is 16.4. The van der Waals surface area contributed by atoms with E-state index in [1.54, 1.807) is 25.7 Å². The maximum Gasteiger partial charge on any atom is 0.408 e. The van der Waals surface area contributed by atoms with Gasteiger partial charge in [-0.2, -0.15) is 0 Å². The zero-order valence-corrected chi connectivity index (χ0v) is 16.4. The number of ether oxygens (including phenoxy) is 1. The van der Waals surface area contributed by atoms with Crippen molar-refractivity contribution in [1.82, 2.24) is 10.2 Å². The van der Waals surface area contributed by atoms with Crippen molar-refractivity contribution >= 4 is 12.0 Å². The molecule has 0 bridgehead atoms. The summed E-state index contributed by atoms with van der Waals surface area (Å²) in [4.78, 5) is 26.5. The fourth-order valence-electron chi connectivity index (χ4n) is 2.70. The Kier molecular flexibility index (Phi) is 6.99. The molecule has 0 unspecified atom stereocenters. The van der Waals surface area contributed by atoms with Crippen LogP contribution < -0.4 is 5.32 Å². The summed E-state index contributed by atoms with van der Waals surface area (Å²) in [6.07, 6.45) is -0.595. The number of benzene rings is 2. The van der Waals surface area contributed by atoms with Gasteiger partial charge in [0.2, 0.25) is 5.91 Å². The first-order valence-electron chi connectivity index (χ1n) is 9.11. The average molecular weight is 368 g/mol. The highest BCUT2D eigenvalue weighted by atomic mass is 16.6. The fourth-order valence-corrected chi connectivity index (χ4v) is 2.70. The van der Waals surface area contributed by atoms with Gasteiger partial charge < -0.3 is 15.0 Å². The Morgan fingerprint density at radius 1 is 1.00 bits per heavy atom. The lowest BCUT2D eigenvalue weighted by atomic mass is 10.1. The van der Waals surface area contributed by atoms with Crippen LogP contribution in [0.4, 0.5) is 4.79 Å². The molecule has 0 radical (unpaired) electrons. The van der Waals surface area contributed by atoms with E-state index in [1.807, 2.05) is 67.6 Å². The van der Waals surface area contributed by atoms with E-state index in [2.05, 4.69) is 5.32 Å². The summed E-state index contributed by atoms with van der Waals surface area (Å²) in [5, 5.41) is 2.56. The highest BCUT2D eigenvalue weighted by Gasteiger charge is 2.23. The molecule has 144 valence electrons. The molecule has 2 amide bonds. The first kappa shape index (κ1) is 20.5. The molecule has 2 aromatic carbocycles. The second-order valence-corrected chi connectivity index (χ2v) is 7.45. The molecule has 2 rings (SSSR count). The summed E-state index contributed by atoms with van der Waals surface area (Å²) < 4.78 is 5.21. The molecule has 0 heterocycles. The Balaban J connectivity index is 2.11. The Morgan fingerprint density at radius 2 is 1.56 bits per heavy atom. The molecule has 5 heteroatoms. The van der Waals surface area contributed by atoms with Crippen molar-refractivity contribution in [3.05, 3.63) is 71.8 Å². The van der Waals surface area contributed by atoms with E-state index >= 15 is 0 Å². The number of hydrogen-bond acceptors (Lipinski definition) is 3. The van der Waals surface area contributed by atoms with Crippen molar-refractivity contribution < 1.29 is 14.3 Å². The lowest BCUT2D eigenvalue weighted by Gasteiger charge is -2.30. The molecule has 0 aromatic heterocycles. The molecule has 5 nitrogen and oxygen atoms in total. The van der Waals surface area contributed by atoms with E-state index < -0.39 is 11.7 Å². The predicted octanol–water partition coefficient (Wildman–Crippen LogP) is 4.30. The van der Waals surface area contributed by atoms with Gasteiger partial charge in [0.05, 0.1) is 6.04 Å². The standard InChI is InChI=1S/C22H28N2O3/c1-17(19-13-9-6-10-14-19)24(16-18-11-7-5-8-12-18)20(25)15-23-21(26)27-22(2,3)4/h5-14,17H,15-16H2,1-4H3,(H,23,26)/t17-/m0/s1. The van der Waals surface area contributed by atoms with Crippen LogP contribution in [0.1, 0.15) is 44.9 Å². The van der Waals surface area contributed by atoms with Crippen molar-refractivity contribution in [1.29, 1.82) is 0 Å². The summed E-state index contributed by atoms with van der Waals surface area (Å²) in [6.45, 7) is 7.70.